The molecule has 0 bridgehead atoms. The molecular weight excluding hydrogens is 418 g/mol. The molecule has 178 valence electrons. The van der Waals surface area contributed by atoms with Crippen molar-refractivity contribution in [2.45, 2.75) is 88.9 Å². The molecule has 0 aliphatic heterocycles. The molecule has 2 rings (SSSR count). The quantitative estimate of drug-likeness (QED) is 0.169. The summed E-state index contributed by atoms with van der Waals surface area (Å²) in [5.74, 6) is 0. The molecular formula is C26H41N3O2S. The summed E-state index contributed by atoms with van der Waals surface area (Å²) in [5.41, 5.74) is 0.986. The van der Waals surface area contributed by atoms with E-state index in [2.05, 4.69) is 16.9 Å². The summed E-state index contributed by atoms with van der Waals surface area (Å²) >= 11 is 0. The fourth-order valence-electron chi connectivity index (χ4n) is 4.01. The normalized spacial score (nSPS) is 12.0. The number of hydrazone groups is 1. The van der Waals surface area contributed by atoms with Gasteiger partial charge < -0.3 is 4.90 Å². The van der Waals surface area contributed by atoms with Gasteiger partial charge in [0.05, 0.1) is 4.90 Å². The van der Waals surface area contributed by atoms with E-state index in [0.29, 0.717) is 5.39 Å². The van der Waals surface area contributed by atoms with Crippen LogP contribution in [-0.2, 0) is 10.0 Å². The third-order valence-electron chi connectivity index (χ3n) is 5.83. The summed E-state index contributed by atoms with van der Waals surface area (Å²) in [6.07, 6.45) is 16.8. The Morgan fingerprint density at radius 2 is 1.38 bits per heavy atom. The van der Waals surface area contributed by atoms with E-state index in [1.807, 2.05) is 43.3 Å². The van der Waals surface area contributed by atoms with Crippen molar-refractivity contribution in [3.05, 3.63) is 36.4 Å². The zero-order chi connectivity index (χ0) is 23.2. The third-order valence-corrected chi connectivity index (χ3v) is 7.11. The Hall–Kier alpha value is -2.08. The van der Waals surface area contributed by atoms with Crippen LogP contribution in [0.5, 0.6) is 0 Å². The first-order valence-corrected chi connectivity index (χ1v) is 13.7. The number of unbranched alkanes of at least 4 members (excludes halogenated alkanes) is 11. The topological polar surface area (TPSA) is 61.8 Å². The monoisotopic (exact) mass is 459 g/mol. The van der Waals surface area contributed by atoms with E-state index in [-0.39, 0.29) is 4.90 Å². The molecule has 0 heterocycles. The van der Waals surface area contributed by atoms with E-state index in [4.69, 9.17) is 0 Å². The highest BCUT2D eigenvalue weighted by Gasteiger charge is 2.17. The highest BCUT2D eigenvalue weighted by Crippen LogP contribution is 2.30. The molecule has 0 atom stereocenters. The van der Waals surface area contributed by atoms with Gasteiger partial charge in [-0.25, -0.2) is 4.83 Å². The lowest BCUT2D eigenvalue weighted by atomic mass is 10.1. The van der Waals surface area contributed by atoms with Gasteiger partial charge >= 0.3 is 0 Å². The van der Waals surface area contributed by atoms with Crippen LogP contribution in [0, 0.1) is 0 Å². The molecule has 2 aromatic carbocycles. The molecule has 0 aliphatic carbocycles. The molecule has 0 fully saturated rings. The minimum atomic E-state index is -3.71. The van der Waals surface area contributed by atoms with Crippen molar-refractivity contribution in [1.29, 1.82) is 0 Å². The minimum Gasteiger partial charge on any atom is -0.377 e. The van der Waals surface area contributed by atoms with Gasteiger partial charge in [-0.3, -0.25) is 0 Å². The molecule has 0 radical (unpaired) electrons. The second kappa shape index (κ2) is 14.1. The van der Waals surface area contributed by atoms with Crippen LogP contribution in [0.25, 0.3) is 10.8 Å². The highest BCUT2D eigenvalue weighted by molar-refractivity contribution is 7.89. The molecule has 32 heavy (non-hydrogen) atoms. The van der Waals surface area contributed by atoms with Gasteiger partial charge in [-0.1, -0.05) is 95.4 Å². The minimum absolute atomic E-state index is 0.255. The predicted molar refractivity (Wildman–Crippen MR) is 138 cm³/mol. The smallest absolute Gasteiger partial charge is 0.277 e. The van der Waals surface area contributed by atoms with Crippen LogP contribution in [-0.4, -0.2) is 28.7 Å². The predicted octanol–water partition coefficient (Wildman–Crippen LogP) is 6.87. The number of fused-ring (bicyclic) bond motifs is 1. The van der Waals surface area contributed by atoms with Gasteiger partial charge in [0.2, 0.25) is 0 Å². The Bertz CT molecular complexity index is 939. The average Bonchev–Trinajstić information content (AvgIpc) is 2.78. The van der Waals surface area contributed by atoms with E-state index in [0.717, 1.165) is 23.9 Å². The number of hydrogen-bond donors (Lipinski definition) is 1. The summed E-state index contributed by atoms with van der Waals surface area (Å²) in [6.45, 7) is 2.26. The second-order valence-corrected chi connectivity index (χ2v) is 10.4. The fraction of sp³-hybridized carbons (Fsp3) is 0.577. The molecule has 0 unspecified atom stereocenters. The van der Waals surface area contributed by atoms with Crippen molar-refractivity contribution < 1.29 is 8.42 Å². The fourth-order valence-corrected chi connectivity index (χ4v) is 5.05. The molecule has 0 saturated heterocycles. The van der Waals surface area contributed by atoms with Crippen LogP contribution >= 0.6 is 0 Å². The Balaban J connectivity index is 1.72. The number of hydrogen-bond acceptors (Lipinski definition) is 4. The third kappa shape index (κ3) is 8.45. The van der Waals surface area contributed by atoms with Crippen LogP contribution in [0.15, 0.2) is 46.4 Å². The summed E-state index contributed by atoms with van der Waals surface area (Å²) in [7, 11) is 0.191. The maximum atomic E-state index is 12.8. The van der Waals surface area contributed by atoms with Gasteiger partial charge in [-0.15, -0.1) is 0 Å². The van der Waals surface area contributed by atoms with Gasteiger partial charge in [0.15, 0.2) is 0 Å². The van der Waals surface area contributed by atoms with Gasteiger partial charge in [-0.2, -0.15) is 13.5 Å². The Morgan fingerprint density at radius 1 is 0.812 bits per heavy atom. The van der Waals surface area contributed by atoms with Crippen LogP contribution in [0.2, 0.25) is 0 Å². The molecule has 0 saturated carbocycles. The molecule has 0 spiro atoms. The molecule has 6 heteroatoms. The summed E-state index contributed by atoms with van der Waals surface area (Å²) in [4.78, 5) is 4.62. The van der Waals surface area contributed by atoms with Crippen LogP contribution in [0.1, 0.15) is 84.0 Å². The number of sulfonamides is 1. The van der Waals surface area contributed by atoms with Crippen molar-refractivity contribution in [3.63, 3.8) is 0 Å². The van der Waals surface area contributed by atoms with Gasteiger partial charge in [0.25, 0.3) is 10.0 Å². The summed E-state index contributed by atoms with van der Waals surface area (Å²) < 4.78 is 25.6. The lowest BCUT2D eigenvalue weighted by molar-refractivity contribution is 0.552. The second-order valence-electron chi connectivity index (χ2n) is 8.75. The molecule has 0 aromatic heterocycles. The van der Waals surface area contributed by atoms with Gasteiger partial charge in [0, 0.05) is 36.8 Å². The molecule has 1 N–H and O–H groups in total. The molecule has 2 aromatic rings. The molecule has 0 aliphatic rings. The standard InChI is InChI=1S/C26H41N3O2S/c1-4-5-6-7-8-9-10-11-12-13-14-15-22-27-28-32(30,31)26-21-17-18-23-24(26)19-16-20-25(23)29(2)3/h16-22,28H,4-15H2,1-3H3/b27-22+. The van der Waals surface area contributed by atoms with Gasteiger partial charge in [0.1, 0.15) is 0 Å². The Morgan fingerprint density at radius 3 is 2.00 bits per heavy atom. The first-order chi connectivity index (χ1) is 15.5. The van der Waals surface area contributed by atoms with E-state index in [1.54, 1.807) is 18.3 Å². The van der Waals surface area contributed by atoms with Crippen LogP contribution in [0.4, 0.5) is 5.69 Å². The van der Waals surface area contributed by atoms with E-state index < -0.39 is 10.0 Å². The number of nitrogens with one attached hydrogen (secondary N) is 1. The maximum absolute atomic E-state index is 12.8. The highest BCUT2D eigenvalue weighted by atomic mass is 32.2. The van der Waals surface area contributed by atoms with Crippen LogP contribution in [0.3, 0.4) is 0 Å². The summed E-state index contributed by atoms with van der Waals surface area (Å²) in [5, 5.41) is 5.60. The SMILES string of the molecule is CCCCCCCCCCCCC/C=N/NS(=O)(=O)c1cccc2c(N(C)C)cccc12. The first kappa shape index (κ1) is 26.2. The van der Waals surface area contributed by atoms with Crippen molar-refractivity contribution >= 4 is 32.7 Å². The average molecular weight is 460 g/mol. The number of rotatable bonds is 16. The first-order valence-electron chi connectivity index (χ1n) is 12.2. The van der Waals surface area contributed by atoms with Crippen molar-refractivity contribution in [3.8, 4) is 0 Å². The zero-order valence-electron chi connectivity index (χ0n) is 20.1. The maximum Gasteiger partial charge on any atom is 0.277 e. The molecule has 5 nitrogen and oxygen atoms in total. The molecule has 0 amide bonds. The van der Waals surface area contributed by atoms with Crippen LogP contribution < -0.4 is 9.73 Å². The summed E-state index contributed by atoms with van der Waals surface area (Å²) in [6, 6.07) is 11.1. The lowest BCUT2D eigenvalue weighted by Crippen LogP contribution is -2.19. The number of nitrogens with zero attached hydrogens (tertiary/aromatic N) is 2. The van der Waals surface area contributed by atoms with Gasteiger partial charge in [-0.05, 0) is 25.0 Å². The lowest BCUT2D eigenvalue weighted by Gasteiger charge is -2.16. The number of anilines is 1. The van der Waals surface area contributed by atoms with Crippen molar-refractivity contribution in [2.24, 2.45) is 5.10 Å². The van der Waals surface area contributed by atoms with E-state index >= 15 is 0 Å². The van der Waals surface area contributed by atoms with E-state index in [9.17, 15) is 8.42 Å². The van der Waals surface area contributed by atoms with Crippen molar-refractivity contribution in [1.82, 2.24) is 4.83 Å². The Labute approximate surface area is 195 Å². The Kier molecular flexibility index (Phi) is 11.6. The van der Waals surface area contributed by atoms with E-state index in [1.165, 1.54) is 64.2 Å². The van der Waals surface area contributed by atoms with Crippen molar-refractivity contribution in [2.75, 3.05) is 19.0 Å². The largest absolute Gasteiger partial charge is 0.377 e. The number of benzene rings is 2. The zero-order valence-corrected chi connectivity index (χ0v) is 21.0.